The zero-order valence-electron chi connectivity index (χ0n) is 6.86. The van der Waals surface area contributed by atoms with Crippen molar-refractivity contribution >= 4 is 23.4 Å². The summed E-state index contributed by atoms with van der Waals surface area (Å²) in [5, 5.41) is 1.50. The Kier molecular flexibility index (Phi) is 3.11. The highest BCUT2D eigenvalue weighted by Gasteiger charge is 2.10. The van der Waals surface area contributed by atoms with Gasteiger partial charge in [-0.2, -0.15) is 0 Å². The van der Waals surface area contributed by atoms with Crippen LogP contribution >= 0.6 is 12.2 Å². The minimum atomic E-state index is -0.164. The number of Topliss-reactive ketones (excluding diaryl/α,β-unsaturated/α-hetero) is 1. The number of carbonyl (C=O) groups excluding carboxylic acids is 1. The molecule has 1 atom stereocenters. The normalized spacial score (nSPS) is 12.1. The maximum Gasteiger partial charge on any atom is 0.170 e. The van der Waals surface area contributed by atoms with Crippen LogP contribution in [0, 0.1) is 5.92 Å². The molecule has 1 unspecified atom stereocenters. The molecule has 0 saturated heterocycles. The second-order valence-electron chi connectivity index (χ2n) is 2.66. The Morgan fingerprint density at radius 2 is 2.00 bits per heavy atom. The summed E-state index contributed by atoms with van der Waals surface area (Å²) in [5.74, 6) is -0.0759. The fraction of sp³-hybridized carbons (Fsp3) is 0.200. The maximum atomic E-state index is 11.5. The predicted octanol–water partition coefficient (Wildman–Crippen LogP) is 2.51. The number of ketones is 1. The van der Waals surface area contributed by atoms with Crippen molar-refractivity contribution in [3.8, 4) is 0 Å². The lowest BCUT2D eigenvalue weighted by Gasteiger charge is -2.02. The van der Waals surface area contributed by atoms with E-state index >= 15 is 0 Å². The minimum Gasteiger partial charge on any atom is -0.294 e. The molecule has 1 rings (SSSR count). The van der Waals surface area contributed by atoms with Crippen molar-refractivity contribution in [2.75, 3.05) is 0 Å². The molecule has 0 aliphatic carbocycles. The molecule has 0 saturated carbocycles. The number of hydrogen-bond acceptors (Lipinski definition) is 2. The van der Waals surface area contributed by atoms with Crippen molar-refractivity contribution in [1.29, 1.82) is 0 Å². The monoisotopic (exact) mass is 178 g/mol. The van der Waals surface area contributed by atoms with Crippen LogP contribution in [0.15, 0.2) is 30.3 Å². The minimum absolute atomic E-state index is 0.0885. The van der Waals surface area contributed by atoms with Crippen LogP contribution in [-0.4, -0.2) is 11.2 Å². The van der Waals surface area contributed by atoms with Crippen molar-refractivity contribution in [2.45, 2.75) is 6.92 Å². The van der Waals surface area contributed by atoms with E-state index in [-0.39, 0.29) is 11.7 Å². The summed E-state index contributed by atoms with van der Waals surface area (Å²) in [6, 6.07) is 9.20. The molecular weight excluding hydrogens is 168 g/mol. The predicted molar refractivity (Wildman–Crippen MR) is 53.6 cm³/mol. The zero-order valence-corrected chi connectivity index (χ0v) is 7.67. The Morgan fingerprint density at radius 3 is 2.50 bits per heavy atom. The lowest BCUT2D eigenvalue weighted by Crippen LogP contribution is -2.11. The molecule has 0 fully saturated rings. The van der Waals surface area contributed by atoms with E-state index < -0.39 is 0 Å². The van der Waals surface area contributed by atoms with Crippen LogP contribution in [0.1, 0.15) is 17.3 Å². The van der Waals surface area contributed by atoms with Gasteiger partial charge in [0, 0.05) is 11.5 Å². The van der Waals surface area contributed by atoms with Crippen LogP contribution in [-0.2, 0) is 0 Å². The maximum absolute atomic E-state index is 11.5. The fourth-order valence-electron chi connectivity index (χ4n) is 0.927. The molecule has 0 bridgehead atoms. The summed E-state index contributed by atoms with van der Waals surface area (Å²) < 4.78 is 0. The molecule has 0 aliphatic rings. The van der Waals surface area contributed by atoms with Crippen molar-refractivity contribution in [3.63, 3.8) is 0 Å². The molecule has 0 heterocycles. The fourth-order valence-corrected chi connectivity index (χ4v) is 1.05. The first-order valence-corrected chi connectivity index (χ1v) is 4.27. The molecule has 0 aliphatic heterocycles. The Morgan fingerprint density at radius 1 is 1.42 bits per heavy atom. The van der Waals surface area contributed by atoms with Crippen LogP contribution in [0.25, 0.3) is 0 Å². The molecule has 1 nitrogen and oxygen atoms in total. The van der Waals surface area contributed by atoms with E-state index in [4.69, 9.17) is 12.2 Å². The molecule has 0 N–H and O–H groups in total. The zero-order chi connectivity index (χ0) is 8.97. The molecule has 12 heavy (non-hydrogen) atoms. The van der Waals surface area contributed by atoms with E-state index in [0.29, 0.717) is 0 Å². The highest BCUT2D eigenvalue weighted by atomic mass is 32.1. The number of rotatable bonds is 3. The van der Waals surface area contributed by atoms with Gasteiger partial charge in [0.1, 0.15) is 0 Å². The first-order valence-electron chi connectivity index (χ1n) is 3.80. The molecule has 62 valence electrons. The second-order valence-corrected chi connectivity index (χ2v) is 2.93. The molecule has 1 aromatic carbocycles. The molecular formula is C10H10OS. The highest BCUT2D eigenvalue weighted by molar-refractivity contribution is 7.79. The van der Waals surface area contributed by atoms with Gasteiger partial charge in [0.2, 0.25) is 0 Å². The van der Waals surface area contributed by atoms with Crippen LogP contribution in [0.2, 0.25) is 0 Å². The molecule has 0 spiro atoms. The number of benzene rings is 1. The van der Waals surface area contributed by atoms with Crippen LogP contribution < -0.4 is 0 Å². The summed E-state index contributed by atoms with van der Waals surface area (Å²) in [7, 11) is 0. The van der Waals surface area contributed by atoms with Crippen LogP contribution in [0.3, 0.4) is 0 Å². The SMILES string of the molecule is CC(C=S)C(=O)c1ccccc1. The summed E-state index contributed by atoms with van der Waals surface area (Å²) >= 11 is 4.71. The number of carbonyl (C=O) groups is 1. The molecule has 2 heteroatoms. The second kappa shape index (κ2) is 4.12. The molecule has 1 aromatic rings. The number of thiocarbonyl (C=S) groups is 1. The largest absolute Gasteiger partial charge is 0.294 e. The third-order valence-electron chi connectivity index (χ3n) is 1.68. The van der Waals surface area contributed by atoms with Crippen LogP contribution in [0.4, 0.5) is 0 Å². The smallest absolute Gasteiger partial charge is 0.170 e. The average molecular weight is 178 g/mol. The van der Waals surface area contributed by atoms with Crippen molar-refractivity contribution < 1.29 is 4.79 Å². The quantitative estimate of drug-likeness (QED) is 0.522. The summed E-state index contributed by atoms with van der Waals surface area (Å²) in [5.41, 5.74) is 0.728. The van der Waals surface area contributed by atoms with Crippen molar-refractivity contribution in [3.05, 3.63) is 35.9 Å². The van der Waals surface area contributed by atoms with Gasteiger partial charge in [-0.25, -0.2) is 0 Å². The van der Waals surface area contributed by atoms with Gasteiger partial charge >= 0.3 is 0 Å². The Labute approximate surface area is 77.4 Å². The summed E-state index contributed by atoms with van der Waals surface area (Å²) in [4.78, 5) is 11.5. The van der Waals surface area contributed by atoms with Crippen molar-refractivity contribution in [1.82, 2.24) is 0 Å². The summed E-state index contributed by atoms with van der Waals surface area (Å²) in [6.07, 6.45) is 0. The van der Waals surface area contributed by atoms with E-state index in [9.17, 15) is 4.79 Å². The Bertz CT molecular complexity index is 279. The van der Waals surface area contributed by atoms with Crippen molar-refractivity contribution in [2.24, 2.45) is 5.92 Å². The van der Waals surface area contributed by atoms with Gasteiger partial charge in [-0.15, -0.1) is 0 Å². The van der Waals surface area contributed by atoms with Gasteiger partial charge in [-0.3, -0.25) is 4.79 Å². The third kappa shape index (κ3) is 1.98. The first kappa shape index (κ1) is 9.07. The summed E-state index contributed by atoms with van der Waals surface area (Å²) in [6.45, 7) is 1.81. The highest BCUT2D eigenvalue weighted by Crippen LogP contribution is 2.06. The lowest BCUT2D eigenvalue weighted by atomic mass is 10.0. The van der Waals surface area contributed by atoms with E-state index in [1.165, 1.54) is 5.37 Å². The van der Waals surface area contributed by atoms with Gasteiger partial charge in [0.15, 0.2) is 5.78 Å². The van der Waals surface area contributed by atoms with E-state index in [1.54, 1.807) is 12.1 Å². The van der Waals surface area contributed by atoms with Gasteiger partial charge in [-0.05, 0) is 5.37 Å². The van der Waals surface area contributed by atoms with Gasteiger partial charge in [-0.1, -0.05) is 49.5 Å². The molecule has 0 amide bonds. The Balaban J connectivity index is 2.85. The Hall–Kier alpha value is -1.02. The number of hydrogen-bond donors (Lipinski definition) is 0. The van der Waals surface area contributed by atoms with E-state index in [1.807, 2.05) is 25.1 Å². The first-order chi connectivity index (χ1) is 5.75. The van der Waals surface area contributed by atoms with E-state index in [2.05, 4.69) is 0 Å². The van der Waals surface area contributed by atoms with Gasteiger partial charge in [0.25, 0.3) is 0 Å². The molecule has 0 radical (unpaired) electrons. The topological polar surface area (TPSA) is 17.1 Å². The van der Waals surface area contributed by atoms with Gasteiger partial charge < -0.3 is 0 Å². The van der Waals surface area contributed by atoms with E-state index in [0.717, 1.165) is 5.56 Å². The molecule has 0 aromatic heterocycles. The lowest BCUT2D eigenvalue weighted by molar-refractivity contribution is 0.0964. The van der Waals surface area contributed by atoms with Crippen LogP contribution in [0.5, 0.6) is 0 Å². The standard InChI is InChI=1S/C10H10OS/c1-8(7-12)10(11)9-5-3-2-4-6-9/h2-8H,1H3. The van der Waals surface area contributed by atoms with Gasteiger partial charge in [0.05, 0.1) is 0 Å². The third-order valence-corrected chi connectivity index (χ3v) is 2.08. The average Bonchev–Trinajstić information content (AvgIpc) is 2.17.